The molecule has 160 valence electrons. The van der Waals surface area contributed by atoms with Crippen molar-refractivity contribution in [2.75, 3.05) is 36.4 Å². The van der Waals surface area contributed by atoms with E-state index >= 15 is 0 Å². The van der Waals surface area contributed by atoms with Gasteiger partial charge in [-0.05, 0) is 49.6 Å². The van der Waals surface area contributed by atoms with Gasteiger partial charge >= 0.3 is 0 Å². The minimum Gasteiger partial charge on any atom is -0.357 e. The van der Waals surface area contributed by atoms with Crippen LogP contribution in [-0.4, -0.2) is 49.1 Å². The van der Waals surface area contributed by atoms with Gasteiger partial charge in [-0.15, -0.1) is 0 Å². The molecule has 2 aromatic rings. The third-order valence-electron chi connectivity index (χ3n) is 4.91. The van der Waals surface area contributed by atoms with Crippen LogP contribution in [0.3, 0.4) is 0 Å². The number of aryl methyl sites for hydroxylation is 1. The Kier molecular flexibility index (Phi) is 7.59. The molecule has 3 rings (SSSR count). The van der Waals surface area contributed by atoms with Crippen LogP contribution < -0.4 is 20.9 Å². The van der Waals surface area contributed by atoms with E-state index in [2.05, 4.69) is 32.9 Å². The molecule has 1 amide bonds. The number of pyridine rings is 1. The van der Waals surface area contributed by atoms with Crippen LogP contribution in [0.1, 0.15) is 25.8 Å². The van der Waals surface area contributed by atoms with Crippen molar-refractivity contribution in [3.8, 4) is 0 Å². The van der Waals surface area contributed by atoms with Crippen LogP contribution in [0.2, 0.25) is 0 Å². The lowest BCUT2D eigenvalue weighted by Gasteiger charge is -2.19. The zero-order valence-corrected chi connectivity index (χ0v) is 17.5. The fraction of sp³-hybridized carbons (Fsp3) is 0.409. The summed E-state index contributed by atoms with van der Waals surface area (Å²) in [6, 6.07) is 10.9. The number of hydrogen-bond acceptors (Lipinski definition) is 4. The minimum absolute atomic E-state index is 0.0109. The molecule has 0 aliphatic carbocycles. The molecule has 1 saturated heterocycles. The Hall–Kier alpha value is -3.16. The maximum Gasteiger partial charge on any atom is 0.246 e. The van der Waals surface area contributed by atoms with E-state index < -0.39 is 0 Å². The summed E-state index contributed by atoms with van der Waals surface area (Å²) in [5.74, 6) is 0.451. The van der Waals surface area contributed by atoms with Gasteiger partial charge < -0.3 is 20.9 Å². The number of rotatable bonds is 7. The molecular formula is C22H29FN6O. The highest BCUT2D eigenvalue weighted by molar-refractivity contribution is 5.94. The number of anilines is 2. The minimum atomic E-state index is -0.317. The number of halogens is 1. The van der Waals surface area contributed by atoms with Crippen LogP contribution in [0.5, 0.6) is 0 Å². The van der Waals surface area contributed by atoms with Crippen molar-refractivity contribution < 1.29 is 9.18 Å². The van der Waals surface area contributed by atoms with Crippen molar-refractivity contribution in [2.45, 2.75) is 32.7 Å². The Bertz CT molecular complexity index is 887. The molecule has 7 nitrogen and oxygen atoms in total. The molecule has 1 aromatic carbocycles. The van der Waals surface area contributed by atoms with Gasteiger partial charge in [-0.3, -0.25) is 4.79 Å². The maximum atomic E-state index is 14.0. The summed E-state index contributed by atoms with van der Waals surface area (Å²) in [6.07, 6.45) is 3.34. The standard InChI is InChI=1S/C22H29FN6O/c1-3-16-7-5-8-17(13-16)27-20(30)14-26-22(24-4-2)28-18-10-12-29(15-18)21-19(23)9-6-11-25-21/h5-9,11,13,18H,3-4,10,12,14-15H2,1-2H3,(H,27,30)(H2,24,26,28). The zero-order valence-electron chi connectivity index (χ0n) is 17.5. The highest BCUT2D eigenvalue weighted by atomic mass is 19.1. The van der Waals surface area contributed by atoms with Crippen molar-refractivity contribution in [1.29, 1.82) is 0 Å². The van der Waals surface area contributed by atoms with E-state index in [1.807, 2.05) is 36.1 Å². The Balaban J connectivity index is 1.55. The molecule has 8 heteroatoms. The number of guanidine groups is 1. The van der Waals surface area contributed by atoms with Gasteiger partial charge in [-0.25, -0.2) is 14.4 Å². The monoisotopic (exact) mass is 412 g/mol. The quantitative estimate of drug-likeness (QED) is 0.481. The van der Waals surface area contributed by atoms with Gasteiger partial charge in [0.2, 0.25) is 5.91 Å². The average Bonchev–Trinajstić information content (AvgIpc) is 3.21. The molecule has 1 aliphatic heterocycles. The number of aliphatic imine (C=N–C) groups is 1. The highest BCUT2D eigenvalue weighted by Crippen LogP contribution is 2.20. The Morgan fingerprint density at radius 3 is 2.93 bits per heavy atom. The predicted molar refractivity (Wildman–Crippen MR) is 118 cm³/mol. The van der Waals surface area contributed by atoms with Gasteiger partial charge in [-0.1, -0.05) is 19.1 Å². The Morgan fingerprint density at radius 2 is 2.17 bits per heavy atom. The van der Waals surface area contributed by atoms with Crippen molar-refractivity contribution >= 4 is 23.4 Å². The number of amides is 1. The van der Waals surface area contributed by atoms with E-state index in [4.69, 9.17) is 0 Å². The van der Waals surface area contributed by atoms with Crippen LogP contribution in [-0.2, 0) is 11.2 Å². The lowest BCUT2D eigenvalue weighted by molar-refractivity contribution is -0.114. The van der Waals surface area contributed by atoms with Gasteiger partial charge in [0, 0.05) is 37.6 Å². The van der Waals surface area contributed by atoms with Crippen molar-refractivity contribution in [1.82, 2.24) is 15.6 Å². The summed E-state index contributed by atoms with van der Waals surface area (Å²) in [4.78, 5) is 22.8. The predicted octanol–water partition coefficient (Wildman–Crippen LogP) is 2.56. The second kappa shape index (κ2) is 10.6. The van der Waals surface area contributed by atoms with Gasteiger partial charge in [0.05, 0.1) is 0 Å². The maximum absolute atomic E-state index is 14.0. The van der Waals surface area contributed by atoms with Crippen molar-refractivity contribution in [3.05, 3.63) is 54.0 Å². The average molecular weight is 413 g/mol. The molecule has 1 unspecified atom stereocenters. The lowest BCUT2D eigenvalue weighted by Crippen LogP contribution is -2.45. The lowest BCUT2D eigenvalue weighted by atomic mass is 10.1. The summed E-state index contributed by atoms with van der Waals surface area (Å²) in [5.41, 5.74) is 1.94. The van der Waals surface area contributed by atoms with Crippen LogP contribution in [0.4, 0.5) is 15.9 Å². The zero-order chi connectivity index (χ0) is 21.3. The molecule has 1 aromatic heterocycles. The van der Waals surface area contributed by atoms with Crippen LogP contribution in [0, 0.1) is 5.82 Å². The normalized spacial score (nSPS) is 16.4. The molecule has 0 spiro atoms. The molecular weight excluding hydrogens is 383 g/mol. The third kappa shape index (κ3) is 5.92. The third-order valence-corrected chi connectivity index (χ3v) is 4.91. The first-order chi connectivity index (χ1) is 14.6. The molecule has 0 radical (unpaired) electrons. The number of hydrogen-bond donors (Lipinski definition) is 3. The summed E-state index contributed by atoms with van der Waals surface area (Å²) in [6.45, 7) is 6.06. The van der Waals surface area contributed by atoms with Gasteiger partial charge in [-0.2, -0.15) is 0 Å². The molecule has 1 fully saturated rings. The van der Waals surface area contributed by atoms with Gasteiger partial charge in [0.15, 0.2) is 17.6 Å². The second-order valence-electron chi connectivity index (χ2n) is 7.18. The largest absolute Gasteiger partial charge is 0.357 e. The number of carbonyl (C=O) groups is 1. The Morgan fingerprint density at radius 1 is 1.30 bits per heavy atom. The molecule has 3 N–H and O–H groups in total. The molecule has 1 atom stereocenters. The fourth-order valence-corrected chi connectivity index (χ4v) is 3.41. The first-order valence-electron chi connectivity index (χ1n) is 10.4. The first kappa shape index (κ1) is 21.5. The van der Waals surface area contributed by atoms with Crippen LogP contribution in [0.25, 0.3) is 0 Å². The van der Waals surface area contributed by atoms with Gasteiger partial charge in [0.1, 0.15) is 6.54 Å². The summed E-state index contributed by atoms with van der Waals surface area (Å²) in [5, 5.41) is 9.39. The molecule has 0 saturated carbocycles. The van der Waals surface area contributed by atoms with Crippen molar-refractivity contribution in [2.24, 2.45) is 4.99 Å². The van der Waals surface area contributed by atoms with E-state index in [-0.39, 0.29) is 24.3 Å². The highest BCUT2D eigenvalue weighted by Gasteiger charge is 2.26. The first-order valence-corrected chi connectivity index (χ1v) is 10.4. The topological polar surface area (TPSA) is 81.6 Å². The van der Waals surface area contributed by atoms with E-state index in [9.17, 15) is 9.18 Å². The molecule has 1 aliphatic rings. The van der Waals surface area contributed by atoms with Crippen LogP contribution >= 0.6 is 0 Å². The number of carbonyl (C=O) groups excluding carboxylic acids is 1. The van der Waals surface area contributed by atoms with E-state index in [0.29, 0.717) is 31.4 Å². The molecule has 0 bridgehead atoms. The van der Waals surface area contributed by atoms with E-state index in [1.165, 1.54) is 11.6 Å². The Labute approximate surface area is 176 Å². The number of nitrogens with zero attached hydrogens (tertiary/aromatic N) is 3. The smallest absolute Gasteiger partial charge is 0.246 e. The van der Waals surface area contributed by atoms with Crippen LogP contribution in [0.15, 0.2) is 47.6 Å². The van der Waals surface area contributed by atoms with Gasteiger partial charge in [0.25, 0.3) is 0 Å². The van der Waals surface area contributed by atoms with E-state index in [0.717, 1.165) is 18.5 Å². The van der Waals surface area contributed by atoms with E-state index in [1.54, 1.807) is 12.3 Å². The summed E-state index contributed by atoms with van der Waals surface area (Å²) in [7, 11) is 0. The summed E-state index contributed by atoms with van der Waals surface area (Å²) >= 11 is 0. The number of aromatic nitrogens is 1. The second-order valence-corrected chi connectivity index (χ2v) is 7.18. The number of nitrogens with one attached hydrogen (secondary N) is 3. The number of benzene rings is 1. The fourth-order valence-electron chi connectivity index (χ4n) is 3.41. The molecule has 30 heavy (non-hydrogen) atoms. The van der Waals surface area contributed by atoms with Crippen molar-refractivity contribution in [3.63, 3.8) is 0 Å². The summed E-state index contributed by atoms with van der Waals surface area (Å²) < 4.78 is 14.0. The SMILES string of the molecule is CCNC(=NCC(=O)Nc1cccc(CC)c1)NC1CCN(c2ncccc2F)C1. The molecule has 2 heterocycles.